The van der Waals surface area contributed by atoms with Crippen LogP contribution in [0.5, 0.6) is 0 Å². The predicted octanol–water partition coefficient (Wildman–Crippen LogP) is 4.58. The minimum Gasteiger partial charge on any atom is -0.354 e. The molecule has 2 amide bonds. The fourth-order valence-electron chi connectivity index (χ4n) is 4.14. The van der Waals surface area contributed by atoms with Crippen LogP contribution in [0.4, 0.5) is 5.69 Å². The molecule has 3 aromatic rings. The summed E-state index contributed by atoms with van der Waals surface area (Å²) in [5, 5.41) is 3.13. The van der Waals surface area contributed by atoms with Crippen LogP contribution in [-0.2, 0) is 32.6 Å². The first-order valence-corrected chi connectivity index (χ1v) is 14.7. The van der Waals surface area contributed by atoms with Gasteiger partial charge in [0.2, 0.25) is 21.8 Å². The van der Waals surface area contributed by atoms with Gasteiger partial charge in [0, 0.05) is 19.5 Å². The zero-order valence-electron chi connectivity index (χ0n) is 21.9. The molecule has 0 saturated heterocycles. The zero-order valence-corrected chi connectivity index (χ0v) is 23.5. The smallest absolute Gasteiger partial charge is 0.244 e. The van der Waals surface area contributed by atoms with E-state index < -0.39 is 28.5 Å². The number of nitrogens with zero attached hydrogens (tertiary/aromatic N) is 2. The van der Waals surface area contributed by atoms with Crippen LogP contribution in [0.2, 0.25) is 5.02 Å². The van der Waals surface area contributed by atoms with Gasteiger partial charge in [-0.25, -0.2) is 8.42 Å². The van der Waals surface area contributed by atoms with Gasteiger partial charge < -0.3 is 10.2 Å². The highest BCUT2D eigenvalue weighted by Gasteiger charge is 2.33. The SMILES string of the molecule is CCCNC(=O)[C@@H](Cc1ccccc1)N(Cc1ccccc1C)C(=O)CN(c1ccccc1Cl)S(C)(=O)=O. The summed E-state index contributed by atoms with van der Waals surface area (Å²) in [5.41, 5.74) is 2.92. The number of carbonyl (C=O) groups excluding carboxylic acids is 2. The molecule has 0 fully saturated rings. The summed E-state index contributed by atoms with van der Waals surface area (Å²) < 4.78 is 26.6. The third-order valence-electron chi connectivity index (χ3n) is 6.22. The predicted molar refractivity (Wildman–Crippen MR) is 153 cm³/mol. The Morgan fingerprint density at radius 1 is 0.947 bits per heavy atom. The number of hydrogen-bond acceptors (Lipinski definition) is 4. The molecule has 0 spiro atoms. The first kappa shape index (κ1) is 29.2. The minimum absolute atomic E-state index is 0.142. The van der Waals surface area contributed by atoms with Crippen molar-refractivity contribution in [1.29, 1.82) is 0 Å². The van der Waals surface area contributed by atoms with Crippen LogP contribution in [-0.4, -0.2) is 50.5 Å². The molecule has 0 saturated carbocycles. The molecule has 0 unspecified atom stereocenters. The van der Waals surface area contributed by atoms with Crippen LogP contribution < -0.4 is 9.62 Å². The number of rotatable bonds is 12. The summed E-state index contributed by atoms with van der Waals surface area (Å²) in [6, 6.07) is 22.7. The fraction of sp³-hybridized carbons (Fsp3) is 0.310. The number of sulfonamides is 1. The van der Waals surface area contributed by atoms with Crippen molar-refractivity contribution >= 4 is 39.1 Å². The molecule has 38 heavy (non-hydrogen) atoms. The summed E-state index contributed by atoms with van der Waals surface area (Å²) in [5.74, 6) is -0.799. The molecule has 0 bridgehead atoms. The summed E-state index contributed by atoms with van der Waals surface area (Å²) in [7, 11) is -3.87. The second-order valence-corrected chi connectivity index (χ2v) is 11.5. The zero-order chi connectivity index (χ0) is 27.7. The van der Waals surface area contributed by atoms with E-state index in [1.54, 1.807) is 24.3 Å². The quantitative estimate of drug-likeness (QED) is 0.354. The Balaban J connectivity index is 2.06. The molecule has 0 radical (unpaired) electrons. The van der Waals surface area contributed by atoms with Gasteiger partial charge in [0.1, 0.15) is 12.6 Å². The second-order valence-electron chi connectivity index (χ2n) is 9.17. The monoisotopic (exact) mass is 555 g/mol. The summed E-state index contributed by atoms with van der Waals surface area (Å²) in [4.78, 5) is 29.0. The van der Waals surface area contributed by atoms with E-state index in [9.17, 15) is 18.0 Å². The fourth-order valence-corrected chi connectivity index (χ4v) is 5.29. The molecule has 3 rings (SSSR count). The first-order chi connectivity index (χ1) is 18.1. The van der Waals surface area contributed by atoms with Crippen LogP contribution in [0.3, 0.4) is 0 Å². The van der Waals surface area contributed by atoms with Gasteiger partial charge in [-0.3, -0.25) is 13.9 Å². The van der Waals surface area contributed by atoms with Gasteiger partial charge in [-0.15, -0.1) is 0 Å². The van der Waals surface area contributed by atoms with Gasteiger partial charge in [0.25, 0.3) is 0 Å². The largest absolute Gasteiger partial charge is 0.354 e. The number of halogens is 1. The van der Waals surface area contributed by atoms with E-state index in [1.165, 1.54) is 4.90 Å². The van der Waals surface area contributed by atoms with Crippen LogP contribution >= 0.6 is 11.6 Å². The molecule has 3 aromatic carbocycles. The standard InChI is InChI=1S/C29H34ClN3O4S/c1-4-18-31-29(35)27(19-23-13-6-5-7-14-23)32(20-24-15-9-8-12-22(24)2)28(34)21-33(38(3,36)37)26-17-11-10-16-25(26)30/h5-17,27H,4,18-21H2,1-3H3,(H,31,35)/t27-/m1/s1. The van der Waals surface area contributed by atoms with Crippen molar-refractivity contribution in [3.8, 4) is 0 Å². The average molecular weight is 556 g/mol. The molecule has 0 aliphatic carbocycles. The van der Waals surface area contributed by atoms with Gasteiger partial charge in [-0.1, -0.05) is 85.3 Å². The Kier molecular flexibility index (Phi) is 10.3. The van der Waals surface area contributed by atoms with Gasteiger partial charge in [0.05, 0.1) is 17.0 Å². The van der Waals surface area contributed by atoms with E-state index in [4.69, 9.17) is 11.6 Å². The van der Waals surface area contributed by atoms with Crippen LogP contribution in [0, 0.1) is 6.92 Å². The highest BCUT2D eigenvalue weighted by Crippen LogP contribution is 2.28. The van der Waals surface area contributed by atoms with Gasteiger partial charge in [0.15, 0.2) is 0 Å². The van der Waals surface area contributed by atoms with Crippen LogP contribution in [0.25, 0.3) is 0 Å². The van der Waals surface area contributed by atoms with Crippen LogP contribution in [0.15, 0.2) is 78.9 Å². The van der Waals surface area contributed by atoms with E-state index in [0.29, 0.717) is 6.54 Å². The van der Waals surface area contributed by atoms with Crippen LogP contribution in [0.1, 0.15) is 30.0 Å². The van der Waals surface area contributed by atoms with E-state index in [-0.39, 0.29) is 29.6 Å². The Morgan fingerprint density at radius 3 is 2.21 bits per heavy atom. The van der Waals surface area contributed by atoms with Gasteiger partial charge in [-0.2, -0.15) is 0 Å². The Hall–Kier alpha value is -3.36. The number of carbonyl (C=O) groups is 2. The number of anilines is 1. The molecular weight excluding hydrogens is 522 g/mol. The molecule has 7 nitrogen and oxygen atoms in total. The second kappa shape index (κ2) is 13.4. The topological polar surface area (TPSA) is 86.8 Å². The number of hydrogen-bond donors (Lipinski definition) is 1. The number of amides is 2. The molecule has 0 aliphatic heterocycles. The van der Waals surface area contributed by atoms with Crippen molar-refractivity contribution in [2.45, 2.75) is 39.3 Å². The van der Waals surface area contributed by atoms with E-state index >= 15 is 0 Å². The third kappa shape index (κ3) is 7.82. The molecular formula is C29H34ClN3O4S. The lowest BCUT2D eigenvalue weighted by atomic mass is 10.0. The summed E-state index contributed by atoms with van der Waals surface area (Å²) >= 11 is 6.32. The van der Waals surface area contributed by atoms with Crippen molar-refractivity contribution in [3.63, 3.8) is 0 Å². The first-order valence-electron chi connectivity index (χ1n) is 12.5. The van der Waals surface area contributed by atoms with E-state index in [0.717, 1.165) is 33.7 Å². The van der Waals surface area contributed by atoms with Crippen molar-refractivity contribution in [1.82, 2.24) is 10.2 Å². The number of para-hydroxylation sites is 1. The Labute approximate surface area is 230 Å². The maximum atomic E-state index is 14.0. The van der Waals surface area contributed by atoms with E-state index in [1.807, 2.05) is 68.4 Å². The lowest BCUT2D eigenvalue weighted by Crippen LogP contribution is -2.53. The minimum atomic E-state index is -3.87. The maximum Gasteiger partial charge on any atom is 0.244 e. The van der Waals surface area contributed by atoms with Crippen molar-refractivity contribution < 1.29 is 18.0 Å². The van der Waals surface area contributed by atoms with E-state index in [2.05, 4.69) is 5.32 Å². The lowest BCUT2D eigenvalue weighted by molar-refractivity contribution is -0.140. The lowest BCUT2D eigenvalue weighted by Gasteiger charge is -2.34. The molecule has 0 heterocycles. The Morgan fingerprint density at radius 2 is 1.58 bits per heavy atom. The van der Waals surface area contributed by atoms with Crippen molar-refractivity contribution in [2.24, 2.45) is 0 Å². The highest BCUT2D eigenvalue weighted by molar-refractivity contribution is 7.92. The average Bonchev–Trinajstić information content (AvgIpc) is 2.89. The van der Waals surface area contributed by atoms with Crippen molar-refractivity contribution in [2.75, 3.05) is 23.7 Å². The molecule has 1 atom stereocenters. The summed E-state index contributed by atoms with van der Waals surface area (Å²) in [6.45, 7) is 4.00. The van der Waals surface area contributed by atoms with Gasteiger partial charge in [-0.05, 0) is 42.2 Å². The molecule has 9 heteroatoms. The molecule has 202 valence electrons. The molecule has 0 aliphatic rings. The summed E-state index contributed by atoms with van der Waals surface area (Å²) in [6.07, 6.45) is 2.05. The normalized spacial score (nSPS) is 12.0. The number of aryl methyl sites for hydroxylation is 1. The number of nitrogens with one attached hydrogen (secondary N) is 1. The molecule has 0 aromatic heterocycles. The number of benzene rings is 3. The highest BCUT2D eigenvalue weighted by atomic mass is 35.5. The maximum absolute atomic E-state index is 14.0. The third-order valence-corrected chi connectivity index (χ3v) is 7.67. The molecule has 1 N–H and O–H groups in total. The Bertz CT molecular complexity index is 1350. The van der Waals surface area contributed by atoms with Gasteiger partial charge >= 0.3 is 0 Å². The van der Waals surface area contributed by atoms with Crippen molar-refractivity contribution in [3.05, 3.63) is 101 Å².